The van der Waals surface area contributed by atoms with Crippen LogP contribution in [0.4, 0.5) is 0 Å². The zero-order valence-corrected chi connectivity index (χ0v) is 8.03. The number of carbonyl (C=O) groups excluding carboxylic acids is 1. The molecule has 0 atom stereocenters. The molecule has 7 heteroatoms. The average molecular weight is 214 g/mol. The van der Waals surface area contributed by atoms with Gasteiger partial charge in [0.1, 0.15) is 11.8 Å². The summed E-state index contributed by atoms with van der Waals surface area (Å²) in [5, 5.41) is 12.7. The Hall–Kier alpha value is -2.75. The second-order valence-electron chi connectivity index (χ2n) is 2.85. The number of hydrogen-bond donors (Lipinski definition) is 1. The Labute approximate surface area is 90.2 Å². The highest BCUT2D eigenvalue weighted by molar-refractivity contribution is 5.90. The SMILES string of the molecule is N#Cc1nccnc1-n1ccc(C(N)=O)n1. The van der Waals surface area contributed by atoms with Gasteiger partial charge >= 0.3 is 0 Å². The van der Waals surface area contributed by atoms with Crippen molar-refractivity contribution in [3.63, 3.8) is 0 Å². The van der Waals surface area contributed by atoms with E-state index in [0.717, 1.165) is 0 Å². The van der Waals surface area contributed by atoms with Crippen LogP contribution in [0.15, 0.2) is 24.7 Å². The number of nitriles is 1. The van der Waals surface area contributed by atoms with Gasteiger partial charge in [-0.1, -0.05) is 0 Å². The van der Waals surface area contributed by atoms with Crippen LogP contribution >= 0.6 is 0 Å². The van der Waals surface area contributed by atoms with Crippen molar-refractivity contribution < 1.29 is 4.79 Å². The molecule has 0 aliphatic carbocycles. The molecular weight excluding hydrogens is 208 g/mol. The van der Waals surface area contributed by atoms with Gasteiger partial charge in [0, 0.05) is 18.6 Å². The van der Waals surface area contributed by atoms with Crippen molar-refractivity contribution in [2.24, 2.45) is 5.73 Å². The normalized spacial score (nSPS) is 9.69. The first-order valence-corrected chi connectivity index (χ1v) is 4.29. The lowest BCUT2D eigenvalue weighted by molar-refractivity contribution is 0.0995. The third kappa shape index (κ3) is 1.59. The van der Waals surface area contributed by atoms with Crippen LogP contribution in [-0.4, -0.2) is 25.7 Å². The van der Waals surface area contributed by atoms with Crippen LogP contribution in [0.25, 0.3) is 5.82 Å². The molecule has 1 amide bonds. The maximum Gasteiger partial charge on any atom is 0.269 e. The number of carbonyl (C=O) groups is 1. The molecule has 0 fully saturated rings. The van der Waals surface area contributed by atoms with E-state index in [0.29, 0.717) is 0 Å². The van der Waals surface area contributed by atoms with E-state index in [1.165, 1.54) is 29.3 Å². The van der Waals surface area contributed by atoms with Gasteiger partial charge < -0.3 is 5.73 Å². The predicted octanol–water partition coefficient (Wildman–Crippen LogP) is -0.367. The molecule has 0 aliphatic rings. The minimum atomic E-state index is -0.638. The fraction of sp³-hybridized carbons (Fsp3) is 0. The van der Waals surface area contributed by atoms with Crippen molar-refractivity contribution in [3.8, 4) is 11.9 Å². The van der Waals surface area contributed by atoms with Crippen LogP contribution in [-0.2, 0) is 0 Å². The molecule has 0 spiro atoms. The Balaban J connectivity index is 2.51. The van der Waals surface area contributed by atoms with E-state index in [-0.39, 0.29) is 17.2 Å². The van der Waals surface area contributed by atoms with Crippen molar-refractivity contribution in [3.05, 3.63) is 36.0 Å². The summed E-state index contributed by atoms with van der Waals surface area (Å²) in [5.74, 6) is -0.376. The number of nitrogens with zero attached hydrogens (tertiary/aromatic N) is 5. The van der Waals surface area contributed by atoms with Gasteiger partial charge in [-0.15, -0.1) is 0 Å². The minimum absolute atomic E-state index is 0.106. The summed E-state index contributed by atoms with van der Waals surface area (Å²) in [4.78, 5) is 18.6. The highest BCUT2D eigenvalue weighted by Gasteiger charge is 2.10. The molecule has 0 saturated heterocycles. The summed E-state index contributed by atoms with van der Waals surface area (Å²) < 4.78 is 1.28. The first-order chi connectivity index (χ1) is 7.72. The number of hydrogen-bond acceptors (Lipinski definition) is 5. The molecule has 0 radical (unpaired) electrons. The Morgan fingerprint density at radius 2 is 2.19 bits per heavy atom. The Morgan fingerprint density at radius 3 is 2.81 bits per heavy atom. The van der Waals surface area contributed by atoms with Crippen molar-refractivity contribution >= 4 is 5.91 Å². The first-order valence-electron chi connectivity index (χ1n) is 4.29. The number of amides is 1. The Kier molecular flexibility index (Phi) is 2.31. The van der Waals surface area contributed by atoms with Crippen molar-refractivity contribution in [1.82, 2.24) is 19.7 Å². The summed E-state index contributed by atoms with van der Waals surface area (Å²) >= 11 is 0. The van der Waals surface area contributed by atoms with E-state index < -0.39 is 5.91 Å². The molecule has 16 heavy (non-hydrogen) atoms. The van der Waals surface area contributed by atoms with Crippen LogP contribution < -0.4 is 5.73 Å². The van der Waals surface area contributed by atoms with E-state index in [2.05, 4.69) is 15.1 Å². The number of aromatic nitrogens is 4. The number of primary amides is 1. The van der Waals surface area contributed by atoms with Crippen molar-refractivity contribution in [2.75, 3.05) is 0 Å². The van der Waals surface area contributed by atoms with Gasteiger partial charge in [0.25, 0.3) is 5.91 Å². The van der Waals surface area contributed by atoms with Crippen molar-refractivity contribution in [2.45, 2.75) is 0 Å². The Bertz CT molecular complexity index is 582. The quantitative estimate of drug-likeness (QED) is 0.733. The smallest absolute Gasteiger partial charge is 0.269 e. The lowest BCUT2D eigenvalue weighted by atomic mass is 10.4. The molecule has 2 heterocycles. The van der Waals surface area contributed by atoms with E-state index in [9.17, 15) is 4.79 Å². The highest BCUT2D eigenvalue weighted by atomic mass is 16.1. The predicted molar refractivity (Wildman–Crippen MR) is 52.4 cm³/mol. The van der Waals surface area contributed by atoms with E-state index in [1.807, 2.05) is 6.07 Å². The van der Waals surface area contributed by atoms with E-state index in [1.54, 1.807) is 0 Å². The Morgan fingerprint density at radius 1 is 1.44 bits per heavy atom. The molecule has 0 saturated carbocycles. The van der Waals surface area contributed by atoms with Crippen LogP contribution in [0.3, 0.4) is 0 Å². The van der Waals surface area contributed by atoms with Crippen LogP contribution in [0.2, 0.25) is 0 Å². The highest BCUT2D eigenvalue weighted by Crippen LogP contribution is 2.07. The molecule has 2 N–H and O–H groups in total. The second kappa shape index (κ2) is 3.78. The average Bonchev–Trinajstić information content (AvgIpc) is 2.78. The fourth-order valence-corrected chi connectivity index (χ4v) is 1.15. The summed E-state index contributed by atoms with van der Waals surface area (Å²) in [5.41, 5.74) is 5.29. The first kappa shape index (κ1) is 9.79. The monoisotopic (exact) mass is 214 g/mol. The van der Waals surface area contributed by atoms with Gasteiger partial charge in [0.15, 0.2) is 11.5 Å². The minimum Gasteiger partial charge on any atom is -0.364 e. The van der Waals surface area contributed by atoms with Gasteiger partial charge in [-0.2, -0.15) is 10.4 Å². The third-order valence-corrected chi connectivity index (χ3v) is 1.84. The van der Waals surface area contributed by atoms with E-state index >= 15 is 0 Å². The zero-order valence-electron chi connectivity index (χ0n) is 8.03. The molecule has 7 nitrogen and oxygen atoms in total. The van der Waals surface area contributed by atoms with E-state index in [4.69, 9.17) is 11.0 Å². The number of rotatable bonds is 2. The maximum atomic E-state index is 10.8. The molecule has 0 unspecified atom stereocenters. The molecule has 2 aromatic rings. The third-order valence-electron chi connectivity index (χ3n) is 1.84. The van der Waals surface area contributed by atoms with Gasteiger partial charge in [-0.25, -0.2) is 14.6 Å². The standard InChI is InChI=1S/C9H6N6O/c10-5-7-9(13-3-2-12-7)15-4-1-6(14-15)8(11)16/h1-4H,(H2,11,16). The van der Waals surface area contributed by atoms with Gasteiger partial charge in [0.05, 0.1) is 0 Å². The molecular formula is C9H6N6O. The summed E-state index contributed by atoms with van der Waals surface area (Å²) in [6.45, 7) is 0. The maximum absolute atomic E-state index is 10.8. The largest absolute Gasteiger partial charge is 0.364 e. The molecule has 0 bridgehead atoms. The topological polar surface area (TPSA) is 110 Å². The number of nitrogens with two attached hydrogens (primary N) is 1. The van der Waals surface area contributed by atoms with Crippen LogP contribution in [0.1, 0.15) is 16.2 Å². The second-order valence-corrected chi connectivity index (χ2v) is 2.85. The van der Waals surface area contributed by atoms with Crippen LogP contribution in [0.5, 0.6) is 0 Å². The zero-order chi connectivity index (χ0) is 11.5. The van der Waals surface area contributed by atoms with Crippen molar-refractivity contribution in [1.29, 1.82) is 5.26 Å². The summed E-state index contributed by atoms with van der Waals surface area (Å²) in [6, 6.07) is 3.32. The molecule has 78 valence electrons. The molecule has 0 aromatic carbocycles. The lowest BCUT2D eigenvalue weighted by Crippen LogP contribution is -2.12. The van der Waals surface area contributed by atoms with Gasteiger partial charge in [-0.3, -0.25) is 4.79 Å². The van der Waals surface area contributed by atoms with Gasteiger partial charge in [0.2, 0.25) is 0 Å². The summed E-state index contributed by atoms with van der Waals surface area (Å²) in [7, 11) is 0. The lowest BCUT2D eigenvalue weighted by Gasteiger charge is -1.99. The molecule has 2 rings (SSSR count). The summed E-state index contributed by atoms with van der Waals surface area (Å²) in [6.07, 6.45) is 4.33. The van der Waals surface area contributed by atoms with Crippen LogP contribution in [0, 0.1) is 11.3 Å². The molecule has 2 aromatic heterocycles. The van der Waals surface area contributed by atoms with Gasteiger partial charge in [-0.05, 0) is 6.07 Å². The molecule has 0 aliphatic heterocycles. The fourth-order valence-electron chi connectivity index (χ4n) is 1.15.